The minimum absolute atomic E-state index is 0.187. The molecule has 1 aromatic rings. The standard InChI is InChI=1S/C16H23FN2O2/c1-12-2-4-13(5-3-12)6-7-18-11-14-8-15(17)10-16(9-14)19(20)21/h8-10,12-13,18H,2-7,11H2,1H3. The molecule has 0 aromatic heterocycles. The molecule has 4 nitrogen and oxygen atoms in total. The van der Waals surface area contributed by atoms with Crippen LogP contribution in [0, 0.1) is 27.8 Å². The fourth-order valence-corrected chi connectivity index (χ4v) is 3.00. The summed E-state index contributed by atoms with van der Waals surface area (Å²) in [5.41, 5.74) is 0.437. The third kappa shape index (κ3) is 5.08. The Hall–Kier alpha value is -1.49. The SMILES string of the molecule is CC1CCC(CCNCc2cc(F)cc([N+](=O)[O-])c2)CC1. The maximum Gasteiger partial charge on any atom is 0.272 e. The van der Waals surface area contributed by atoms with Crippen LogP contribution >= 0.6 is 0 Å². The van der Waals surface area contributed by atoms with E-state index >= 15 is 0 Å². The Labute approximate surface area is 124 Å². The summed E-state index contributed by atoms with van der Waals surface area (Å²) >= 11 is 0. The van der Waals surface area contributed by atoms with E-state index in [0.29, 0.717) is 12.1 Å². The molecular weight excluding hydrogens is 271 g/mol. The molecule has 5 heteroatoms. The van der Waals surface area contributed by atoms with Crippen LogP contribution in [0.5, 0.6) is 0 Å². The van der Waals surface area contributed by atoms with Gasteiger partial charge in [-0.05, 0) is 36.4 Å². The Morgan fingerprint density at radius 1 is 1.29 bits per heavy atom. The molecule has 0 saturated heterocycles. The molecule has 1 saturated carbocycles. The lowest BCUT2D eigenvalue weighted by Gasteiger charge is -2.26. The molecule has 0 radical (unpaired) electrons. The largest absolute Gasteiger partial charge is 0.313 e. The summed E-state index contributed by atoms with van der Waals surface area (Å²) in [5.74, 6) is 1.10. The molecule has 0 spiro atoms. The summed E-state index contributed by atoms with van der Waals surface area (Å²) in [7, 11) is 0. The maximum atomic E-state index is 13.3. The van der Waals surface area contributed by atoms with E-state index in [2.05, 4.69) is 12.2 Å². The van der Waals surface area contributed by atoms with Crippen molar-refractivity contribution in [3.8, 4) is 0 Å². The Kier molecular flexibility index (Phi) is 5.67. The van der Waals surface area contributed by atoms with E-state index in [-0.39, 0.29) is 5.69 Å². The van der Waals surface area contributed by atoms with Gasteiger partial charge in [-0.1, -0.05) is 32.6 Å². The summed E-state index contributed by atoms with van der Waals surface area (Å²) in [6.45, 7) is 3.66. The number of benzene rings is 1. The number of rotatable bonds is 6. The monoisotopic (exact) mass is 294 g/mol. The Balaban J connectivity index is 1.74. The summed E-state index contributed by atoms with van der Waals surface area (Å²) < 4.78 is 13.3. The molecule has 1 aromatic carbocycles. The Bertz CT molecular complexity index is 485. The van der Waals surface area contributed by atoms with Crippen molar-refractivity contribution in [2.24, 2.45) is 11.8 Å². The highest BCUT2D eigenvalue weighted by atomic mass is 19.1. The van der Waals surface area contributed by atoms with E-state index in [1.165, 1.54) is 37.8 Å². The number of nitrogens with one attached hydrogen (secondary N) is 1. The molecule has 0 atom stereocenters. The number of nitro benzene ring substituents is 1. The van der Waals surface area contributed by atoms with E-state index in [1.807, 2.05) is 0 Å². The molecule has 1 fully saturated rings. The molecule has 0 amide bonds. The molecule has 0 bridgehead atoms. The predicted octanol–water partition coefficient (Wildman–Crippen LogP) is 4.04. The van der Waals surface area contributed by atoms with Gasteiger partial charge in [0, 0.05) is 12.6 Å². The number of halogens is 1. The molecular formula is C16H23FN2O2. The highest BCUT2D eigenvalue weighted by Crippen LogP contribution is 2.29. The number of nitro groups is 1. The van der Waals surface area contributed by atoms with Crippen molar-refractivity contribution in [2.45, 2.75) is 45.6 Å². The lowest BCUT2D eigenvalue weighted by molar-refractivity contribution is -0.385. The summed E-state index contributed by atoms with van der Waals surface area (Å²) in [6, 6.07) is 3.73. The van der Waals surface area contributed by atoms with Crippen molar-refractivity contribution in [3.05, 3.63) is 39.7 Å². The minimum Gasteiger partial charge on any atom is -0.313 e. The van der Waals surface area contributed by atoms with Crippen LogP contribution in [0.1, 0.15) is 44.6 Å². The second-order valence-corrected chi connectivity index (χ2v) is 6.17. The quantitative estimate of drug-likeness (QED) is 0.489. The van der Waals surface area contributed by atoms with Crippen molar-refractivity contribution < 1.29 is 9.31 Å². The molecule has 0 heterocycles. The Morgan fingerprint density at radius 3 is 2.67 bits per heavy atom. The number of hydrogen-bond donors (Lipinski definition) is 1. The van der Waals surface area contributed by atoms with Crippen LogP contribution in [0.3, 0.4) is 0 Å². The van der Waals surface area contributed by atoms with Crippen molar-refractivity contribution in [1.29, 1.82) is 0 Å². The van der Waals surface area contributed by atoms with Gasteiger partial charge in [-0.25, -0.2) is 4.39 Å². The van der Waals surface area contributed by atoms with Gasteiger partial charge in [0.25, 0.3) is 5.69 Å². The van der Waals surface area contributed by atoms with Crippen LogP contribution < -0.4 is 5.32 Å². The van der Waals surface area contributed by atoms with Gasteiger partial charge in [0.05, 0.1) is 11.0 Å². The third-order valence-electron chi connectivity index (χ3n) is 4.35. The van der Waals surface area contributed by atoms with E-state index < -0.39 is 10.7 Å². The molecule has 0 aliphatic heterocycles. The van der Waals surface area contributed by atoms with E-state index in [4.69, 9.17) is 0 Å². The first kappa shape index (κ1) is 15.9. The second-order valence-electron chi connectivity index (χ2n) is 6.17. The zero-order valence-electron chi connectivity index (χ0n) is 12.5. The first-order chi connectivity index (χ1) is 10.0. The number of nitrogens with zero attached hydrogens (tertiary/aromatic N) is 1. The van der Waals surface area contributed by atoms with Gasteiger partial charge >= 0.3 is 0 Å². The van der Waals surface area contributed by atoms with Gasteiger partial charge in [-0.15, -0.1) is 0 Å². The molecule has 2 rings (SSSR count). The predicted molar refractivity (Wildman–Crippen MR) is 80.5 cm³/mol. The van der Waals surface area contributed by atoms with Gasteiger partial charge in [0.1, 0.15) is 5.82 Å². The van der Waals surface area contributed by atoms with Crippen LogP contribution in [0.15, 0.2) is 18.2 Å². The van der Waals surface area contributed by atoms with Crippen LogP contribution in [0.2, 0.25) is 0 Å². The maximum absolute atomic E-state index is 13.3. The van der Waals surface area contributed by atoms with Crippen LogP contribution in [-0.4, -0.2) is 11.5 Å². The van der Waals surface area contributed by atoms with Gasteiger partial charge in [-0.3, -0.25) is 10.1 Å². The van der Waals surface area contributed by atoms with E-state index in [9.17, 15) is 14.5 Å². The summed E-state index contributed by atoms with van der Waals surface area (Å²) in [5, 5.41) is 14.0. The minimum atomic E-state index is -0.560. The average Bonchev–Trinajstić information content (AvgIpc) is 2.45. The zero-order valence-corrected chi connectivity index (χ0v) is 12.5. The van der Waals surface area contributed by atoms with Gasteiger partial charge < -0.3 is 5.32 Å². The molecule has 1 N–H and O–H groups in total. The van der Waals surface area contributed by atoms with Crippen LogP contribution in [-0.2, 0) is 6.54 Å². The fraction of sp³-hybridized carbons (Fsp3) is 0.625. The topological polar surface area (TPSA) is 55.2 Å². The molecule has 0 unspecified atom stereocenters. The normalized spacial score (nSPS) is 22.2. The average molecular weight is 294 g/mol. The zero-order chi connectivity index (χ0) is 15.2. The number of hydrogen-bond acceptors (Lipinski definition) is 3. The van der Waals surface area contributed by atoms with Crippen molar-refractivity contribution >= 4 is 5.69 Å². The second kappa shape index (κ2) is 7.50. The van der Waals surface area contributed by atoms with Gasteiger partial charge in [0.15, 0.2) is 0 Å². The molecule has 116 valence electrons. The summed E-state index contributed by atoms with van der Waals surface area (Å²) in [4.78, 5) is 10.1. The lowest BCUT2D eigenvalue weighted by Crippen LogP contribution is -2.20. The molecule has 1 aliphatic rings. The first-order valence-corrected chi connectivity index (χ1v) is 7.69. The highest BCUT2D eigenvalue weighted by molar-refractivity contribution is 5.35. The smallest absolute Gasteiger partial charge is 0.272 e. The number of non-ortho nitro benzene ring substituents is 1. The third-order valence-corrected chi connectivity index (χ3v) is 4.35. The van der Waals surface area contributed by atoms with E-state index in [1.54, 1.807) is 0 Å². The molecule has 1 aliphatic carbocycles. The lowest BCUT2D eigenvalue weighted by atomic mass is 9.81. The van der Waals surface area contributed by atoms with Gasteiger partial charge in [-0.2, -0.15) is 0 Å². The van der Waals surface area contributed by atoms with Crippen molar-refractivity contribution in [3.63, 3.8) is 0 Å². The van der Waals surface area contributed by atoms with Crippen LogP contribution in [0.25, 0.3) is 0 Å². The highest BCUT2D eigenvalue weighted by Gasteiger charge is 2.17. The Morgan fingerprint density at radius 2 is 2.00 bits per heavy atom. The first-order valence-electron chi connectivity index (χ1n) is 7.69. The summed E-state index contributed by atoms with van der Waals surface area (Å²) in [6.07, 6.45) is 6.37. The van der Waals surface area contributed by atoms with E-state index in [0.717, 1.165) is 30.9 Å². The fourth-order valence-electron chi connectivity index (χ4n) is 3.00. The van der Waals surface area contributed by atoms with Crippen molar-refractivity contribution in [2.75, 3.05) is 6.54 Å². The van der Waals surface area contributed by atoms with Gasteiger partial charge in [0.2, 0.25) is 0 Å². The molecule has 21 heavy (non-hydrogen) atoms. The van der Waals surface area contributed by atoms with Crippen LogP contribution in [0.4, 0.5) is 10.1 Å². The van der Waals surface area contributed by atoms with Crippen molar-refractivity contribution in [1.82, 2.24) is 5.32 Å².